The van der Waals surface area contributed by atoms with E-state index in [1.54, 1.807) is 17.5 Å². The first-order valence-electron chi connectivity index (χ1n) is 9.13. The van der Waals surface area contributed by atoms with Crippen molar-refractivity contribution in [3.8, 4) is 11.5 Å². The van der Waals surface area contributed by atoms with Gasteiger partial charge in [-0.3, -0.25) is 4.72 Å². The summed E-state index contributed by atoms with van der Waals surface area (Å²) >= 11 is 13.5. The molecule has 1 N–H and O–H groups in total. The summed E-state index contributed by atoms with van der Waals surface area (Å²) < 4.78 is 47.8. The predicted molar refractivity (Wildman–Crippen MR) is 119 cm³/mol. The summed E-state index contributed by atoms with van der Waals surface area (Å²) in [6.07, 6.45) is 3.18. The number of thiazole rings is 1. The van der Waals surface area contributed by atoms with E-state index < -0.39 is 20.7 Å². The van der Waals surface area contributed by atoms with E-state index in [0.717, 1.165) is 41.9 Å². The highest BCUT2D eigenvalue weighted by Gasteiger charge is 2.24. The highest BCUT2D eigenvalue weighted by atomic mass is 35.5. The largest absolute Gasteiger partial charge is 0.455 e. The fourth-order valence-electron chi connectivity index (χ4n) is 3.02. The summed E-state index contributed by atoms with van der Waals surface area (Å²) in [5.41, 5.74) is 0.881. The molecule has 0 saturated carbocycles. The number of nitrogens with one attached hydrogen (secondary N) is 1. The number of aromatic nitrogens is 1. The molecule has 0 amide bonds. The topological polar surface area (TPSA) is 68.3 Å². The smallest absolute Gasteiger partial charge is 0.266 e. The van der Waals surface area contributed by atoms with Gasteiger partial charge in [0.05, 0.1) is 5.02 Å². The van der Waals surface area contributed by atoms with Crippen LogP contribution in [0.5, 0.6) is 11.5 Å². The van der Waals surface area contributed by atoms with E-state index in [1.165, 1.54) is 6.20 Å². The average molecular weight is 489 g/mol. The van der Waals surface area contributed by atoms with Gasteiger partial charge in [-0.05, 0) is 48.6 Å². The summed E-state index contributed by atoms with van der Waals surface area (Å²) in [6.45, 7) is 4.11. The van der Waals surface area contributed by atoms with Gasteiger partial charge in [0.2, 0.25) is 0 Å². The average Bonchev–Trinajstić information content (AvgIpc) is 3.19. The summed E-state index contributed by atoms with van der Waals surface area (Å²) in [4.78, 5) is 3.25. The molecule has 0 atom stereocenters. The van der Waals surface area contributed by atoms with Gasteiger partial charge in [0.25, 0.3) is 10.0 Å². The zero-order valence-electron chi connectivity index (χ0n) is 16.2. The van der Waals surface area contributed by atoms with Crippen LogP contribution < -0.4 is 9.46 Å². The Morgan fingerprint density at radius 3 is 2.53 bits per heavy atom. The lowest BCUT2D eigenvalue weighted by molar-refractivity contribution is 0.459. The number of halogens is 3. The van der Waals surface area contributed by atoms with Crippen LogP contribution in [-0.2, 0) is 10.0 Å². The Hall–Kier alpha value is -1.87. The van der Waals surface area contributed by atoms with Crippen molar-refractivity contribution in [2.24, 2.45) is 0 Å². The van der Waals surface area contributed by atoms with E-state index in [0.29, 0.717) is 10.8 Å². The third-order valence-electron chi connectivity index (χ3n) is 4.55. The van der Waals surface area contributed by atoms with Gasteiger partial charge in [-0.25, -0.2) is 17.8 Å². The molecule has 30 heavy (non-hydrogen) atoms. The minimum atomic E-state index is -4.20. The molecule has 0 radical (unpaired) electrons. The number of rotatable bonds is 8. The number of benzene rings is 2. The van der Waals surface area contributed by atoms with Gasteiger partial charge in [-0.1, -0.05) is 37.0 Å². The SMILES string of the molecule is CCC(CC)c1cc(Cl)ccc1Oc1cc(F)c(S(=O)(=O)Nc2nccs2)cc1Cl. The fraction of sp³-hybridized carbons (Fsp3) is 0.250. The summed E-state index contributed by atoms with van der Waals surface area (Å²) in [6, 6.07) is 7.16. The highest BCUT2D eigenvalue weighted by molar-refractivity contribution is 7.93. The van der Waals surface area contributed by atoms with Gasteiger partial charge >= 0.3 is 0 Å². The lowest BCUT2D eigenvalue weighted by atomic mass is 9.93. The molecule has 0 fully saturated rings. The quantitative estimate of drug-likeness (QED) is 0.367. The van der Waals surface area contributed by atoms with Crippen LogP contribution in [0.25, 0.3) is 0 Å². The maximum absolute atomic E-state index is 14.7. The van der Waals surface area contributed by atoms with Crippen LogP contribution in [0.3, 0.4) is 0 Å². The second-order valence-corrected chi connectivity index (χ2v) is 9.84. The van der Waals surface area contributed by atoms with Gasteiger partial charge in [0, 0.05) is 22.7 Å². The molecular weight excluding hydrogens is 470 g/mol. The predicted octanol–water partition coefficient (Wildman–Crippen LogP) is 7.09. The van der Waals surface area contributed by atoms with Crippen LogP contribution in [0.15, 0.2) is 46.8 Å². The molecule has 0 aliphatic carbocycles. The van der Waals surface area contributed by atoms with E-state index in [1.807, 2.05) is 6.07 Å². The standard InChI is InChI=1S/C20H19Cl2FN2O3S2/c1-3-12(4-2)14-9-13(21)5-6-17(14)28-18-11-16(23)19(10-15(18)22)30(26,27)25-20-24-7-8-29-20/h5-12H,3-4H2,1-2H3,(H,24,25). The van der Waals surface area contributed by atoms with Crippen LogP contribution in [0, 0.1) is 5.82 Å². The molecule has 0 unspecified atom stereocenters. The Morgan fingerprint density at radius 1 is 1.17 bits per heavy atom. The molecule has 2 aromatic carbocycles. The van der Waals surface area contributed by atoms with E-state index in [4.69, 9.17) is 27.9 Å². The lowest BCUT2D eigenvalue weighted by Gasteiger charge is -2.19. The van der Waals surface area contributed by atoms with Crippen LogP contribution >= 0.6 is 34.5 Å². The summed E-state index contributed by atoms with van der Waals surface area (Å²) in [5.74, 6) is -0.288. The molecule has 0 saturated heterocycles. The first-order valence-corrected chi connectivity index (χ1v) is 12.3. The van der Waals surface area contributed by atoms with Gasteiger partial charge in [0.1, 0.15) is 22.2 Å². The number of hydrogen-bond donors (Lipinski definition) is 1. The van der Waals surface area contributed by atoms with Gasteiger partial charge < -0.3 is 4.74 Å². The van der Waals surface area contributed by atoms with Crippen LogP contribution in [-0.4, -0.2) is 13.4 Å². The van der Waals surface area contributed by atoms with Crippen LogP contribution in [0.4, 0.5) is 9.52 Å². The maximum Gasteiger partial charge on any atom is 0.266 e. The monoisotopic (exact) mass is 488 g/mol. The number of hydrogen-bond acceptors (Lipinski definition) is 5. The molecule has 3 rings (SSSR count). The van der Waals surface area contributed by atoms with Crippen LogP contribution in [0.2, 0.25) is 10.0 Å². The van der Waals surface area contributed by atoms with Gasteiger partial charge in [-0.15, -0.1) is 11.3 Å². The van der Waals surface area contributed by atoms with Gasteiger partial charge in [-0.2, -0.15) is 0 Å². The third kappa shape index (κ3) is 5.06. The zero-order valence-corrected chi connectivity index (χ0v) is 19.3. The van der Waals surface area contributed by atoms with E-state index in [2.05, 4.69) is 23.6 Å². The third-order valence-corrected chi connectivity index (χ3v) is 7.25. The fourth-order valence-corrected chi connectivity index (χ4v) is 5.34. The first-order chi connectivity index (χ1) is 14.2. The number of ether oxygens (including phenoxy) is 1. The Morgan fingerprint density at radius 2 is 1.90 bits per heavy atom. The number of anilines is 1. The van der Waals surface area contributed by atoms with Crippen molar-refractivity contribution in [1.82, 2.24) is 4.98 Å². The second-order valence-electron chi connectivity index (χ2n) is 6.45. The van der Waals surface area contributed by atoms with E-state index >= 15 is 0 Å². The van der Waals surface area contributed by atoms with E-state index in [9.17, 15) is 12.8 Å². The molecule has 0 spiro atoms. The molecule has 160 valence electrons. The maximum atomic E-state index is 14.7. The van der Waals surface area contributed by atoms with Gasteiger partial charge in [0.15, 0.2) is 5.13 Å². The second kappa shape index (κ2) is 9.51. The van der Waals surface area contributed by atoms with Crippen molar-refractivity contribution in [2.45, 2.75) is 37.5 Å². The summed E-state index contributed by atoms with van der Waals surface area (Å²) in [5, 5.41) is 2.25. The van der Waals surface area contributed by atoms with Crippen molar-refractivity contribution in [3.63, 3.8) is 0 Å². The molecule has 0 bridgehead atoms. The van der Waals surface area contributed by atoms with Crippen molar-refractivity contribution in [3.05, 3.63) is 63.3 Å². The van der Waals surface area contributed by atoms with E-state index in [-0.39, 0.29) is 21.8 Å². The summed E-state index contributed by atoms with van der Waals surface area (Å²) in [7, 11) is -4.20. The molecule has 1 aromatic heterocycles. The lowest BCUT2D eigenvalue weighted by Crippen LogP contribution is -2.14. The Labute approximate surface area is 188 Å². The molecular formula is C20H19Cl2FN2O3S2. The minimum Gasteiger partial charge on any atom is -0.455 e. The molecule has 1 heterocycles. The van der Waals surface area contributed by atoms with Crippen molar-refractivity contribution in [1.29, 1.82) is 0 Å². The van der Waals surface area contributed by atoms with Crippen LogP contribution in [0.1, 0.15) is 38.2 Å². The van der Waals surface area contributed by atoms with Crippen molar-refractivity contribution in [2.75, 3.05) is 4.72 Å². The van der Waals surface area contributed by atoms with Crippen molar-refractivity contribution >= 4 is 49.7 Å². The highest BCUT2D eigenvalue weighted by Crippen LogP contribution is 2.39. The molecule has 0 aliphatic rings. The zero-order chi connectivity index (χ0) is 21.9. The van der Waals surface area contributed by atoms with Crippen molar-refractivity contribution < 1.29 is 17.5 Å². The number of sulfonamides is 1. The Bertz CT molecular complexity index is 1140. The Balaban J connectivity index is 1.95. The molecule has 3 aromatic rings. The molecule has 0 aliphatic heterocycles. The first kappa shape index (κ1) is 22.8. The normalized spacial score (nSPS) is 11.7. The Kier molecular flexibility index (Phi) is 7.23. The minimum absolute atomic E-state index is 0.0110. The molecule has 5 nitrogen and oxygen atoms in total. The number of nitrogens with zero attached hydrogens (tertiary/aromatic N) is 1. The molecule has 10 heteroatoms.